The monoisotopic (exact) mass is 397 g/mol. The first-order valence-electron chi connectivity index (χ1n) is 11.9. The Morgan fingerprint density at radius 1 is 0.714 bits per heavy atom. The molecular formula is C23H47N3O2. The van der Waals surface area contributed by atoms with Gasteiger partial charge < -0.3 is 11.5 Å². The molecule has 0 aliphatic rings. The van der Waals surface area contributed by atoms with Crippen LogP contribution in [0.5, 0.6) is 0 Å². The fourth-order valence-electron chi connectivity index (χ4n) is 3.42. The van der Waals surface area contributed by atoms with E-state index in [1.165, 1.54) is 83.5 Å². The molecule has 5 heteroatoms. The Kier molecular flexibility index (Phi) is 20.1. The summed E-state index contributed by atoms with van der Waals surface area (Å²) in [6, 6.07) is -0.631. The maximum absolute atomic E-state index is 11.8. The van der Waals surface area contributed by atoms with Gasteiger partial charge in [0.25, 0.3) is 0 Å². The zero-order chi connectivity index (χ0) is 20.9. The molecule has 0 radical (unpaired) electrons. The van der Waals surface area contributed by atoms with Crippen LogP contribution in [0.3, 0.4) is 0 Å². The third-order valence-electron chi connectivity index (χ3n) is 5.33. The van der Waals surface area contributed by atoms with Crippen molar-refractivity contribution in [2.24, 2.45) is 11.5 Å². The van der Waals surface area contributed by atoms with Crippen molar-refractivity contribution in [3.05, 3.63) is 0 Å². The first-order valence-corrected chi connectivity index (χ1v) is 11.9. The average molecular weight is 398 g/mol. The number of hydrogen-bond donors (Lipinski definition) is 3. The molecule has 0 fully saturated rings. The van der Waals surface area contributed by atoms with E-state index in [9.17, 15) is 9.59 Å². The van der Waals surface area contributed by atoms with E-state index < -0.39 is 6.04 Å². The van der Waals surface area contributed by atoms with Gasteiger partial charge in [0.1, 0.15) is 0 Å². The van der Waals surface area contributed by atoms with Gasteiger partial charge in [-0.2, -0.15) is 0 Å². The van der Waals surface area contributed by atoms with Crippen LogP contribution in [0.2, 0.25) is 0 Å². The first kappa shape index (κ1) is 27.1. The maximum Gasteiger partial charge on any atom is 0.243 e. The summed E-state index contributed by atoms with van der Waals surface area (Å²) in [5.41, 5.74) is 11.1. The minimum atomic E-state index is -0.631. The molecule has 0 unspecified atom stereocenters. The van der Waals surface area contributed by atoms with Gasteiger partial charge in [-0.3, -0.25) is 14.9 Å². The molecule has 0 aromatic heterocycles. The van der Waals surface area contributed by atoms with Crippen LogP contribution in [0.1, 0.15) is 122 Å². The number of unbranched alkanes of at least 4 members (excludes halogenated alkanes) is 14. The standard InChI is InChI=1S/C23H47N3O2/c1-2-3-4-5-6-7-8-9-10-11-12-13-14-15-16-19-22(27)26-23(28)21(25)18-17-20-24/h21H,2-20,24-25H2,1H3,(H,26,27,28)/t21-/m0/s1. The predicted molar refractivity (Wildman–Crippen MR) is 119 cm³/mol. The van der Waals surface area contributed by atoms with Crippen molar-refractivity contribution in [3.63, 3.8) is 0 Å². The van der Waals surface area contributed by atoms with Crippen molar-refractivity contribution in [1.82, 2.24) is 5.32 Å². The topological polar surface area (TPSA) is 98.2 Å². The van der Waals surface area contributed by atoms with Gasteiger partial charge in [-0.05, 0) is 25.8 Å². The molecule has 0 spiro atoms. The van der Waals surface area contributed by atoms with Crippen LogP contribution >= 0.6 is 0 Å². The number of rotatable bonds is 20. The van der Waals surface area contributed by atoms with E-state index in [0.717, 1.165) is 12.8 Å². The van der Waals surface area contributed by atoms with Crippen molar-refractivity contribution in [2.75, 3.05) is 6.54 Å². The lowest BCUT2D eigenvalue weighted by Crippen LogP contribution is -2.43. The first-order chi connectivity index (χ1) is 13.6. The third kappa shape index (κ3) is 18.4. The Hall–Kier alpha value is -0.940. The number of imide groups is 1. The zero-order valence-electron chi connectivity index (χ0n) is 18.5. The van der Waals surface area contributed by atoms with E-state index in [1.807, 2.05) is 0 Å². The number of nitrogens with two attached hydrogens (primary N) is 2. The summed E-state index contributed by atoms with van der Waals surface area (Å²) in [6.07, 6.45) is 21.1. The van der Waals surface area contributed by atoms with Crippen LogP contribution in [-0.4, -0.2) is 24.4 Å². The fourth-order valence-corrected chi connectivity index (χ4v) is 3.42. The molecule has 0 aliphatic heterocycles. The van der Waals surface area contributed by atoms with E-state index in [4.69, 9.17) is 11.5 Å². The summed E-state index contributed by atoms with van der Waals surface area (Å²) in [6.45, 7) is 2.77. The van der Waals surface area contributed by atoms with Gasteiger partial charge in [-0.15, -0.1) is 0 Å². The second kappa shape index (κ2) is 20.8. The molecule has 0 saturated carbocycles. The van der Waals surface area contributed by atoms with Crippen LogP contribution in [0.25, 0.3) is 0 Å². The van der Waals surface area contributed by atoms with Crippen molar-refractivity contribution in [3.8, 4) is 0 Å². The molecule has 0 bridgehead atoms. The number of amides is 2. The molecule has 166 valence electrons. The van der Waals surface area contributed by atoms with Gasteiger partial charge in [-0.1, -0.05) is 96.8 Å². The molecule has 1 atom stereocenters. The number of carbonyl (C=O) groups excluding carboxylic acids is 2. The molecule has 0 aromatic rings. The van der Waals surface area contributed by atoms with E-state index in [0.29, 0.717) is 25.8 Å². The largest absolute Gasteiger partial charge is 0.330 e. The van der Waals surface area contributed by atoms with E-state index in [2.05, 4.69) is 12.2 Å². The molecule has 5 nitrogen and oxygen atoms in total. The summed E-state index contributed by atoms with van der Waals surface area (Å²) in [5, 5.41) is 2.39. The van der Waals surface area contributed by atoms with Gasteiger partial charge in [0.15, 0.2) is 0 Å². The van der Waals surface area contributed by atoms with Gasteiger partial charge >= 0.3 is 0 Å². The second-order valence-corrected chi connectivity index (χ2v) is 8.15. The Bertz CT molecular complexity index is 375. The predicted octanol–water partition coefficient (Wildman–Crippen LogP) is 4.96. The molecule has 0 aliphatic carbocycles. The van der Waals surface area contributed by atoms with Gasteiger partial charge in [0.05, 0.1) is 6.04 Å². The molecule has 0 rings (SSSR count). The Morgan fingerprint density at radius 3 is 1.57 bits per heavy atom. The molecule has 2 amide bonds. The highest BCUT2D eigenvalue weighted by Crippen LogP contribution is 2.13. The minimum absolute atomic E-state index is 0.206. The fraction of sp³-hybridized carbons (Fsp3) is 0.913. The van der Waals surface area contributed by atoms with Crippen molar-refractivity contribution in [2.45, 2.75) is 129 Å². The summed E-state index contributed by atoms with van der Waals surface area (Å²) < 4.78 is 0. The van der Waals surface area contributed by atoms with Crippen molar-refractivity contribution in [1.29, 1.82) is 0 Å². The van der Waals surface area contributed by atoms with Gasteiger partial charge in [0, 0.05) is 6.42 Å². The lowest BCUT2D eigenvalue weighted by atomic mass is 10.0. The Balaban J connectivity index is 3.32. The van der Waals surface area contributed by atoms with Crippen LogP contribution in [-0.2, 0) is 9.59 Å². The highest BCUT2D eigenvalue weighted by molar-refractivity contribution is 5.97. The molecular weight excluding hydrogens is 350 g/mol. The zero-order valence-corrected chi connectivity index (χ0v) is 18.5. The molecule has 0 heterocycles. The quantitative estimate of drug-likeness (QED) is 0.253. The summed E-state index contributed by atoms with van der Waals surface area (Å²) >= 11 is 0. The van der Waals surface area contributed by atoms with Crippen LogP contribution in [0, 0.1) is 0 Å². The van der Waals surface area contributed by atoms with Crippen molar-refractivity contribution >= 4 is 11.8 Å². The maximum atomic E-state index is 11.8. The number of nitrogens with one attached hydrogen (secondary N) is 1. The van der Waals surface area contributed by atoms with Crippen molar-refractivity contribution < 1.29 is 9.59 Å². The Morgan fingerprint density at radius 2 is 1.14 bits per heavy atom. The van der Waals surface area contributed by atoms with Crippen LogP contribution in [0.4, 0.5) is 0 Å². The molecule has 0 saturated heterocycles. The lowest BCUT2D eigenvalue weighted by Gasteiger charge is -2.10. The molecule has 0 aromatic carbocycles. The minimum Gasteiger partial charge on any atom is -0.330 e. The lowest BCUT2D eigenvalue weighted by molar-refractivity contribution is -0.131. The van der Waals surface area contributed by atoms with E-state index in [-0.39, 0.29) is 11.8 Å². The second-order valence-electron chi connectivity index (χ2n) is 8.15. The highest BCUT2D eigenvalue weighted by Gasteiger charge is 2.15. The normalized spacial score (nSPS) is 12.1. The number of hydrogen-bond acceptors (Lipinski definition) is 4. The smallest absolute Gasteiger partial charge is 0.243 e. The van der Waals surface area contributed by atoms with Crippen LogP contribution < -0.4 is 16.8 Å². The highest BCUT2D eigenvalue weighted by atomic mass is 16.2. The van der Waals surface area contributed by atoms with Gasteiger partial charge in [0.2, 0.25) is 11.8 Å². The van der Waals surface area contributed by atoms with Gasteiger partial charge in [-0.25, -0.2) is 0 Å². The summed E-state index contributed by atoms with van der Waals surface area (Å²) in [5.74, 6) is -0.581. The SMILES string of the molecule is CCCCCCCCCCCCCCCCCC(=O)NC(=O)[C@@H](N)CCCN. The third-order valence-corrected chi connectivity index (χ3v) is 5.33. The Labute approximate surface area is 173 Å². The molecule has 5 N–H and O–H groups in total. The summed E-state index contributed by atoms with van der Waals surface area (Å²) in [4.78, 5) is 23.5. The molecule has 28 heavy (non-hydrogen) atoms. The van der Waals surface area contributed by atoms with E-state index >= 15 is 0 Å². The average Bonchev–Trinajstić information content (AvgIpc) is 2.68. The van der Waals surface area contributed by atoms with E-state index in [1.54, 1.807) is 0 Å². The summed E-state index contributed by atoms with van der Waals surface area (Å²) in [7, 11) is 0. The van der Waals surface area contributed by atoms with Crippen LogP contribution in [0.15, 0.2) is 0 Å². The number of carbonyl (C=O) groups is 2.